The summed E-state index contributed by atoms with van der Waals surface area (Å²) in [7, 11) is 3.26. The molecule has 4 amide bonds. The lowest BCUT2D eigenvalue weighted by Gasteiger charge is -2.26. The van der Waals surface area contributed by atoms with E-state index in [2.05, 4.69) is 9.97 Å². The van der Waals surface area contributed by atoms with Crippen molar-refractivity contribution in [2.45, 2.75) is 92.9 Å². The Balaban J connectivity index is 0.000000241. The number of aryl methyl sites for hydroxylation is 2. The SMILES string of the molecule is Cc1nc2c(c(-c3ccc(Cl)cc3Cl)c1CO)C(=O)N(CCN(C)C(=O)OC(C)(C)C)C2.Cc1nc2c(c(-c3ccc(Cl)cc3Cl)c1CO)C(=O)N(CCN(C)C(=O)OC(C)(C)C)C2. The predicted molar refractivity (Wildman–Crippen MR) is 248 cm³/mol. The number of likely N-dealkylation sites (N-methyl/N-ethyl adjacent to an activating group) is 2. The molecule has 4 aromatic rings. The Hall–Kier alpha value is -4.70. The minimum atomic E-state index is -0.597. The van der Waals surface area contributed by atoms with Crippen molar-refractivity contribution >= 4 is 70.4 Å². The number of aliphatic hydroxyl groups excluding tert-OH is 2. The molecular formula is C46H54Cl4N6O8. The molecule has 2 aliphatic heterocycles. The summed E-state index contributed by atoms with van der Waals surface area (Å²) >= 11 is 25.0. The van der Waals surface area contributed by atoms with Crippen LogP contribution in [-0.2, 0) is 35.8 Å². The smallest absolute Gasteiger partial charge is 0.410 e. The van der Waals surface area contributed by atoms with Crippen LogP contribution in [0.4, 0.5) is 9.59 Å². The van der Waals surface area contributed by atoms with Crippen LogP contribution in [0.1, 0.15) is 96.2 Å². The second-order valence-corrected chi connectivity index (χ2v) is 19.3. The summed E-state index contributed by atoms with van der Waals surface area (Å²) in [6, 6.07) is 10.1. The van der Waals surface area contributed by atoms with Gasteiger partial charge in [0, 0.05) is 105 Å². The number of ether oxygens (including phenoxy) is 2. The highest BCUT2D eigenvalue weighted by molar-refractivity contribution is 6.37. The molecule has 2 aliphatic rings. The number of benzene rings is 2. The van der Waals surface area contributed by atoms with Crippen LogP contribution in [0.3, 0.4) is 0 Å². The van der Waals surface area contributed by atoms with Crippen molar-refractivity contribution in [3.63, 3.8) is 0 Å². The minimum absolute atomic E-state index is 0.221. The van der Waals surface area contributed by atoms with Gasteiger partial charge in [-0.25, -0.2) is 9.59 Å². The van der Waals surface area contributed by atoms with Gasteiger partial charge in [-0.15, -0.1) is 0 Å². The number of carbonyl (C=O) groups is 4. The molecule has 0 radical (unpaired) electrons. The Labute approximate surface area is 394 Å². The van der Waals surface area contributed by atoms with Gasteiger partial charge in [0.15, 0.2) is 0 Å². The number of fused-ring (bicyclic) bond motifs is 2. The van der Waals surface area contributed by atoms with Crippen LogP contribution in [0.2, 0.25) is 20.1 Å². The minimum Gasteiger partial charge on any atom is -0.444 e. The number of hydrogen-bond acceptors (Lipinski definition) is 10. The second kappa shape index (κ2) is 20.2. The van der Waals surface area contributed by atoms with Crippen LogP contribution in [0.5, 0.6) is 0 Å². The summed E-state index contributed by atoms with van der Waals surface area (Å²) < 4.78 is 10.7. The first-order chi connectivity index (χ1) is 29.8. The molecule has 0 atom stereocenters. The van der Waals surface area contributed by atoms with Crippen LogP contribution >= 0.6 is 46.4 Å². The van der Waals surface area contributed by atoms with Crippen molar-refractivity contribution in [3.05, 3.63) is 102 Å². The van der Waals surface area contributed by atoms with Crippen molar-refractivity contribution in [2.24, 2.45) is 0 Å². The van der Waals surface area contributed by atoms with Crippen LogP contribution < -0.4 is 0 Å². The molecule has 0 aliphatic carbocycles. The number of hydrogen-bond donors (Lipinski definition) is 2. The number of carbonyl (C=O) groups excluding carboxylic acids is 4. The molecule has 4 heterocycles. The lowest BCUT2D eigenvalue weighted by Crippen LogP contribution is -2.39. The first-order valence-corrected chi connectivity index (χ1v) is 22.0. The zero-order valence-electron chi connectivity index (χ0n) is 37.7. The summed E-state index contributed by atoms with van der Waals surface area (Å²) in [5.74, 6) is -0.443. The van der Waals surface area contributed by atoms with Crippen molar-refractivity contribution in [1.82, 2.24) is 29.6 Å². The van der Waals surface area contributed by atoms with Crippen LogP contribution in [0, 0.1) is 13.8 Å². The Morgan fingerprint density at radius 3 is 1.28 bits per heavy atom. The molecule has 0 unspecified atom stereocenters. The van der Waals surface area contributed by atoms with E-state index in [0.717, 1.165) is 0 Å². The number of halogens is 4. The van der Waals surface area contributed by atoms with E-state index in [0.29, 0.717) is 127 Å². The zero-order valence-corrected chi connectivity index (χ0v) is 40.7. The highest BCUT2D eigenvalue weighted by atomic mass is 35.5. The first kappa shape index (κ1) is 50.3. The fraction of sp³-hybridized carbons (Fsp3) is 0.435. The monoisotopic (exact) mass is 958 g/mol. The molecule has 2 aromatic heterocycles. The van der Waals surface area contributed by atoms with Gasteiger partial charge in [0.1, 0.15) is 11.2 Å². The maximum absolute atomic E-state index is 13.4. The summed E-state index contributed by atoms with van der Waals surface area (Å²) in [6.45, 7) is 15.7. The van der Waals surface area contributed by atoms with E-state index in [1.807, 2.05) is 0 Å². The molecule has 2 N–H and O–H groups in total. The van der Waals surface area contributed by atoms with E-state index in [1.165, 1.54) is 9.80 Å². The standard InChI is InChI=1S/2C23H27Cl2N3O4/c2*1-13-16(12-29)19(15-7-6-14(24)10-17(15)25)20-18(26-13)11-28(21(20)30)9-8-27(5)22(31)32-23(2,3)4/h2*6-7,10,29H,8-9,11-12H2,1-5H3. The van der Waals surface area contributed by atoms with E-state index in [1.54, 1.807) is 116 Å². The van der Waals surface area contributed by atoms with E-state index >= 15 is 0 Å². The van der Waals surface area contributed by atoms with Gasteiger partial charge in [-0.1, -0.05) is 58.5 Å². The fourth-order valence-corrected chi connectivity index (χ4v) is 8.25. The predicted octanol–water partition coefficient (Wildman–Crippen LogP) is 9.36. The Kier molecular flexibility index (Phi) is 15.9. The molecule has 18 heteroatoms. The van der Waals surface area contributed by atoms with Gasteiger partial charge in [-0.2, -0.15) is 0 Å². The number of amides is 4. The molecule has 0 fully saturated rings. The molecule has 64 heavy (non-hydrogen) atoms. The zero-order chi connectivity index (χ0) is 47.6. The highest BCUT2D eigenvalue weighted by Gasteiger charge is 2.36. The van der Waals surface area contributed by atoms with Crippen LogP contribution in [0.15, 0.2) is 36.4 Å². The highest BCUT2D eigenvalue weighted by Crippen LogP contribution is 2.41. The molecule has 0 saturated carbocycles. The topological polar surface area (TPSA) is 166 Å². The normalized spacial score (nSPS) is 13.4. The maximum atomic E-state index is 13.4. The lowest BCUT2D eigenvalue weighted by molar-refractivity contribution is 0.0271. The van der Waals surface area contributed by atoms with Crippen LogP contribution in [0.25, 0.3) is 22.3 Å². The van der Waals surface area contributed by atoms with Gasteiger partial charge in [-0.05, 0) is 79.7 Å². The molecule has 344 valence electrons. The summed E-state index contributed by atoms with van der Waals surface area (Å²) in [6.07, 6.45) is -0.904. The van der Waals surface area contributed by atoms with Crippen LogP contribution in [-0.4, -0.2) is 115 Å². The number of pyridine rings is 2. The average Bonchev–Trinajstić information content (AvgIpc) is 3.67. The molecule has 2 aromatic carbocycles. The fourth-order valence-electron chi connectivity index (χ4n) is 7.25. The third-order valence-electron chi connectivity index (χ3n) is 10.4. The van der Waals surface area contributed by atoms with E-state index in [9.17, 15) is 29.4 Å². The average molecular weight is 961 g/mol. The Bertz CT molecular complexity index is 2300. The van der Waals surface area contributed by atoms with E-state index < -0.39 is 23.4 Å². The molecular weight excluding hydrogens is 906 g/mol. The van der Waals surface area contributed by atoms with Gasteiger partial charge in [-0.3, -0.25) is 19.6 Å². The van der Waals surface area contributed by atoms with Crippen molar-refractivity contribution in [3.8, 4) is 22.3 Å². The summed E-state index contributed by atoms with van der Waals surface area (Å²) in [5, 5.41) is 21.8. The van der Waals surface area contributed by atoms with Gasteiger partial charge < -0.3 is 39.3 Å². The Morgan fingerprint density at radius 1 is 0.641 bits per heavy atom. The third kappa shape index (κ3) is 11.6. The summed E-state index contributed by atoms with van der Waals surface area (Å²) in [5.41, 5.74) is 5.62. The van der Waals surface area contributed by atoms with Gasteiger partial charge >= 0.3 is 12.2 Å². The molecule has 0 bridgehead atoms. The molecule has 14 nitrogen and oxygen atoms in total. The third-order valence-corrected chi connectivity index (χ3v) is 11.5. The van der Waals surface area contributed by atoms with Crippen molar-refractivity contribution in [1.29, 1.82) is 0 Å². The summed E-state index contributed by atoms with van der Waals surface area (Å²) in [4.78, 5) is 66.5. The quantitative estimate of drug-likeness (QED) is 0.156. The van der Waals surface area contributed by atoms with E-state index in [-0.39, 0.29) is 25.0 Å². The number of nitrogens with zero attached hydrogens (tertiary/aromatic N) is 6. The van der Waals surface area contributed by atoms with E-state index in [4.69, 9.17) is 55.9 Å². The largest absolute Gasteiger partial charge is 0.444 e. The van der Waals surface area contributed by atoms with Gasteiger partial charge in [0.25, 0.3) is 11.8 Å². The number of aromatic nitrogens is 2. The first-order valence-electron chi connectivity index (χ1n) is 20.5. The van der Waals surface area contributed by atoms with Crippen molar-refractivity contribution < 1.29 is 38.9 Å². The maximum Gasteiger partial charge on any atom is 0.410 e. The lowest BCUT2D eigenvalue weighted by atomic mass is 9.93. The number of rotatable bonds is 10. The second-order valence-electron chi connectivity index (χ2n) is 17.6. The van der Waals surface area contributed by atoms with Gasteiger partial charge in [0.2, 0.25) is 0 Å². The molecule has 0 spiro atoms. The molecule has 0 saturated heterocycles. The molecule has 6 rings (SSSR count). The van der Waals surface area contributed by atoms with Crippen molar-refractivity contribution in [2.75, 3.05) is 40.3 Å². The van der Waals surface area contributed by atoms with Gasteiger partial charge in [0.05, 0.1) is 48.8 Å². The Morgan fingerprint density at radius 2 is 0.984 bits per heavy atom. The number of aliphatic hydroxyl groups is 2.